The van der Waals surface area contributed by atoms with Crippen LogP contribution in [-0.2, 0) is 34.9 Å². The second-order valence-corrected chi connectivity index (χ2v) is 9.64. The average molecular weight is 573 g/mol. The van der Waals surface area contributed by atoms with Gasteiger partial charge in [-0.25, -0.2) is 4.79 Å². The highest BCUT2D eigenvalue weighted by Crippen LogP contribution is 2.15. The second kappa shape index (κ2) is 23.9. The number of carbonyl (C=O) groups excluding carboxylic acids is 2. The number of carbonyl (C=O) groups is 2. The largest absolute Gasteiger partial charge is 0.491 e. The van der Waals surface area contributed by atoms with E-state index in [4.69, 9.17) is 28.4 Å². The van der Waals surface area contributed by atoms with Crippen molar-refractivity contribution >= 4 is 11.8 Å². The fourth-order valence-corrected chi connectivity index (χ4v) is 3.99. The van der Waals surface area contributed by atoms with Crippen molar-refractivity contribution in [1.82, 2.24) is 0 Å². The van der Waals surface area contributed by atoms with E-state index in [0.29, 0.717) is 58.4 Å². The smallest absolute Gasteiger partial charge is 0.379 e. The van der Waals surface area contributed by atoms with E-state index in [1.54, 1.807) is 30.3 Å². The summed E-state index contributed by atoms with van der Waals surface area (Å²) >= 11 is 0. The van der Waals surface area contributed by atoms with Crippen LogP contribution in [0.2, 0.25) is 0 Å². The van der Waals surface area contributed by atoms with Gasteiger partial charge in [0.1, 0.15) is 19.0 Å². The number of esters is 1. The molecular formula is C33H48O8. The summed E-state index contributed by atoms with van der Waals surface area (Å²) in [5.41, 5.74) is 1.67. The summed E-state index contributed by atoms with van der Waals surface area (Å²) in [5, 5.41) is 0. The molecule has 0 bridgehead atoms. The lowest BCUT2D eigenvalue weighted by Crippen LogP contribution is -2.20. The number of unbranched alkanes of at least 4 members (excludes halogenated alkanes) is 6. The monoisotopic (exact) mass is 572 g/mol. The van der Waals surface area contributed by atoms with Gasteiger partial charge in [-0.1, -0.05) is 87.9 Å². The van der Waals surface area contributed by atoms with Gasteiger partial charge in [0.2, 0.25) is 0 Å². The van der Waals surface area contributed by atoms with E-state index in [-0.39, 0.29) is 13.2 Å². The Labute approximate surface area is 245 Å². The van der Waals surface area contributed by atoms with Gasteiger partial charge in [-0.3, -0.25) is 4.79 Å². The lowest BCUT2D eigenvalue weighted by Gasteiger charge is -2.09. The number of benzene rings is 2. The zero-order chi connectivity index (χ0) is 29.2. The van der Waals surface area contributed by atoms with Crippen LogP contribution in [0.1, 0.15) is 67.8 Å². The third-order valence-corrected chi connectivity index (χ3v) is 6.29. The highest BCUT2D eigenvalue weighted by atomic mass is 16.6. The zero-order valence-electron chi connectivity index (χ0n) is 24.7. The normalized spacial score (nSPS) is 11.0. The van der Waals surface area contributed by atoms with Gasteiger partial charge in [-0.05, 0) is 30.5 Å². The van der Waals surface area contributed by atoms with Gasteiger partial charge in [-0.2, -0.15) is 0 Å². The lowest BCUT2D eigenvalue weighted by molar-refractivity contribution is -0.139. The lowest BCUT2D eigenvalue weighted by atomic mass is 10.0. The molecule has 2 rings (SSSR count). The van der Waals surface area contributed by atoms with Gasteiger partial charge >= 0.3 is 5.97 Å². The second-order valence-electron chi connectivity index (χ2n) is 9.64. The molecule has 0 fully saturated rings. The summed E-state index contributed by atoms with van der Waals surface area (Å²) in [5.74, 6) is -0.681. The summed E-state index contributed by atoms with van der Waals surface area (Å²) in [6.45, 7) is 6.11. The summed E-state index contributed by atoms with van der Waals surface area (Å²) in [4.78, 5) is 23.6. The Bertz CT molecular complexity index is 917. The molecule has 2 aromatic carbocycles. The SMILES string of the molecule is CCCCCCCCCc1ccc(OCCOCCOCCOCCOCCOC(=O)C(=O)c2ccccc2)cc1. The molecule has 0 radical (unpaired) electrons. The van der Waals surface area contributed by atoms with E-state index in [9.17, 15) is 9.59 Å². The zero-order valence-corrected chi connectivity index (χ0v) is 24.7. The van der Waals surface area contributed by atoms with Gasteiger partial charge in [0.15, 0.2) is 0 Å². The Morgan fingerprint density at radius 2 is 1.07 bits per heavy atom. The molecule has 0 N–H and O–H groups in total. The Morgan fingerprint density at radius 3 is 1.66 bits per heavy atom. The van der Waals surface area contributed by atoms with Crippen LogP contribution >= 0.6 is 0 Å². The van der Waals surface area contributed by atoms with Crippen molar-refractivity contribution in [2.24, 2.45) is 0 Å². The Balaban J connectivity index is 1.31. The minimum absolute atomic E-state index is 0.0111. The maximum Gasteiger partial charge on any atom is 0.379 e. The van der Waals surface area contributed by atoms with Crippen LogP contribution in [-0.4, -0.2) is 77.8 Å². The first-order chi connectivity index (χ1) is 20.2. The maximum absolute atomic E-state index is 11.9. The highest BCUT2D eigenvalue weighted by molar-refractivity contribution is 6.40. The molecule has 0 heterocycles. The van der Waals surface area contributed by atoms with Gasteiger partial charge in [0, 0.05) is 5.56 Å². The standard InChI is InChI=1S/C33H48O8/c1-2-3-4-5-6-7-9-12-29-15-17-31(18-16-29)40-27-25-38-23-21-36-19-20-37-22-24-39-26-28-41-33(35)32(34)30-13-10-8-11-14-30/h8,10-11,13-18H,2-7,9,12,19-28H2,1H3. The fourth-order valence-electron chi connectivity index (χ4n) is 3.99. The quantitative estimate of drug-likeness (QED) is 0.0600. The minimum atomic E-state index is -0.886. The van der Waals surface area contributed by atoms with Gasteiger partial charge in [-0.15, -0.1) is 0 Å². The molecule has 8 nitrogen and oxygen atoms in total. The molecule has 41 heavy (non-hydrogen) atoms. The average Bonchev–Trinajstić information content (AvgIpc) is 3.01. The van der Waals surface area contributed by atoms with E-state index in [2.05, 4.69) is 19.1 Å². The van der Waals surface area contributed by atoms with Gasteiger partial charge in [0.05, 0.1) is 52.9 Å². The summed E-state index contributed by atoms with van der Waals surface area (Å²) in [7, 11) is 0. The molecule has 0 atom stereocenters. The Morgan fingerprint density at radius 1 is 0.561 bits per heavy atom. The van der Waals surface area contributed by atoms with E-state index >= 15 is 0 Å². The minimum Gasteiger partial charge on any atom is -0.491 e. The molecule has 0 aliphatic carbocycles. The van der Waals surface area contributed by atoms with E-state index in [1.807, 2.05) is 12.1 Å². The first kappa shape index (κ1) is 34.4. The van der Waals surface area contributed by atoms with Crippen molar-refractivity contribution < 1.29 is 38.0 Å². The number of hydrogen-bond acceptors (Lipinski definition) is 8. The maximum atomic E-state index is 11.9. The van der Waals surface area contributed by atoms with Crippen molar-refractivity contribution in [3.05, 3.63) is 65.7 Å². The van der Waals surface area contributed by atoms with Crippen LogP contribution in [0, 0.1) is 0 Å². The van der Waals surface area contributed by atoms with E-state index < -0.39 is 11.8 Å². The molecule has 228 valence electrons. The van der Waals surface area contributed by atoms with Gasteiger partial charge in [0.25, 0.3) is 5.78 Å². The fraction of sp³-hybridized carbons (Fsp3) is 0.576. The Hall–Kier alpha value is -2.78. The number of ether oxygens (including phenoxy) is 6. The summed E-state index contributed by atoms with van der Waals surface area (Å²) < 4.78 is 32.5. The topological polar surface area (TPSA) is 89.5 Å². The molecule has 0 amide bonds. The van der Waals surface area contributed by atoms with E-state index in [1.165, 1.54) is 50.5 Å². The summed E-state index contributed by atoms with van der Waals surface area (Å²) in [6.07, 6.45) is 10.5. The van der Waals surface area contributed by atoms with Crippen LogP contribution in [0.5, 0.6) is 5.75 Å². The van der Waals surface area contributed by atoms with Crippen LogP contribution < -0.4 is 4.74 Å². The predicted octanol–water partition coefficient (Wildman–Crippen LogP) is 5.85. The highest BCUT2D eigenvalue weighted by Gasteiger charge is 2.17. The van der Waals surface area contributed by atoms with Crippen molar-refractivity contribution in [2.75, 3.05) is 66.1 Å². The van der Waals surface area contributed by atoms with Crippen molar-refractivity contribution in [3.63, 3.8) is 0 Å². The molecule has 0 aromatic heterocycles. The van der Waals surface area contributed by atoms with Crippen molar-refractivity contribution in [2.45, 2.75) is 58.3 Å². The Kier molecular flexibility index (Phi) is 20.0. The number of hydrogen-bond donors (Lipinski definition) is 0. The predicted molar refractivity (Wildman–Crippen MR) is 159 cm³/mol. The molecule has 0 unspecified atom stereocenters. The number of ketones is 1. The van der Waals surface area contributed by atoms with Crippen LogP contribution in [0.3, 0.4) is 0 Å². The third kappa shape index (κ3) is 17.6. The molecule has 0 aliphatic rings. The molecule has 8 heteroatoms. The number of aryl methyl sites for hydroxylation is 1. The first-order valence-electron chi connectivity index (χ1n) is 15.0. The molecule has 0 saturated heterocycles. The molecule has 0 aliphatic heterocycles. The number of rotatable bonds is 26. The van der Waals surface area contributed by atoms with Crippen LogP contribution in [0.4, 0.5) is 0 Å². The van der Waals surface area contributed by atoms with E-state index in [0.717, 1.165) is 12.2 Å². The van der Waals surface area contributed by atoms with Crippen molar-refractivity contribution in [3.8, 4) is 5.75 Å². The number of Topliss-reactive ketones (excluding diaryl/α,β-unsaturated/α-hetero) is 1. The van der Waals surface area contributed by atoms with Crippen LogP contribution in [0.25, 0.3) is 0 Å². The third-order valence-electron chi connectivity index (χ3n) is 6.29. The van der Waals surface area contributed by atoms with Crippen LogP contribution in [0.15, 0.2) is 54.6 Å². The molecule has 0 spiro atoms. The first-order valence-corrected chi connectivity index (χ1v) is 15.0. The molecule has 0 saturated carbocycles. The molecule has 2 aromatic rings. The van der Waals surface area contributed by atoms with Gasteiger partial charge < -0.3 is 28.4 Å². The van der Waals surface area contributed by atoms with Crippen molar-refractivity contribution in [1.29, 1.82) is 0 Å². The molecular weight excluding hydrogens is 524 g/mol. The summed E-state index contributed by atoms with van der Waals surface area (Å²) in [6, 6.07) is 16.7.